The van der Waals surface area contributed by atoms with Crippen LogP contribution in [0.3, 0.4) is 0 Å². The molecule has 0 radical (unpaired) electrons. The number of amides is 1. The van der Waals surface area contributed by atoms with Crippen molar-refractivity contribution in [3.05, 3.63) is 24.3 Å². The Kier molecular flexibility index (Phi) is 5.79. The maximum atomic E-state index is 12.1. The number of hydrogen-bond acceptors (Lipinski definition) is 6. The maximum absolute atomic E-state index is 12.1. The molecule has 0 bridgehead atoms. The number of anilines is 1. The van der Waals surface area contributed by atoms with Gasteiger partial charge in [-0.25, -0.2) is 13.2 Å². The molecular weight excluding hydrogens is 338 g/mol. The largest absolute Gasteiger partial charge is 0.492 e. The topological polar surface area (TPSA) is 119 Å². The summed E-state index contributed by atoms with van der Waals surface area (Å²) in [5.41, 5.74) is 0.458. The normalized spacial score (nSPS) is 20.5. The first kappa shape index (κ1) is 18.2. The monoisotopic (exact) mass is 357 g/mol. The fourth-order valence-electron chi connectivity index (χ4n) is 2.21. The molecule has 2 rings (SSSR count). The molecule has 1 aliphatic rings. The summed E-state index contributed by atoms with van der Waals surface area (Å²) in [6.07, 6.45) is 0.00123. The van der Waals surface area contributed by atoms with Crippen LogP contribution in [-0.2, 0) is 24.2 Å². The summed E-state index contributed by atoms with van der Waals surface area (Å²) in [5, 5.41) is 11.5. The maximum Gasteiger partial charge on any atom is 0.332 e. The summed E-state index contributed by atoms with van der Waals surface area (Å²) in [4.78, 5) is 22.9. The summed E-state index contributed by atoms with van der Waals surface area (Å²) in [5.74, 6) is -1.18. The van der Waals surface area contributed by atoms with Crippen LogP contribution in [0, 0.1) is 0 Å². The van der Waals surface area contributed by atoms with E-state index in [4.69, 9.17) is 14.6 Å². The average molecular weight is 357 g/mol. The second kappa shape index (κ2) is 7.63. The molecule has 0 aromatic heterocycles. The molecular formula is C15H19NO7S. The van der Waals surface area contributed by atoms with Crippen LogP contribution in [-0.4, -0.2) is 56.2 Å². The number of sulfone groups is 1. The van der Waals surface area contributed by atoms with Gasteiger partial charge in [-0.3, -0.25) is 4.79 Å². The summed E-state index contributed by atoms with van der Waals surface area (Å²) in [6.45, 7) is 0.0161. The van der Waals surface area contributed by atoms with Crippen LogP contribution in [0.5, 0.6) is 5.75 Å². The minimum absolute atomic E-state index is 0.0161. The third-order valence-electron chi connectivity index (χ3n) is 3.41. The Labute approximate surface area is 139 Å². The Bertz CT molecular complexity index is 716. The predicted molar refractivity (Wildman–Crippen MR) is 85.8 cm³/mol. The minimum atomic E-state index is -3.11. The van der Waals surface area contributed by atoms with Crippen LogP contribution in [0.1, 0.15) is 12.8 Å². The smallest absolute Gasteiger partial charge is 0.332 e. The molecule has 1 heterocycles. The average Bonchev–Trinajstić information content (AvgIpc) is 2.96. The van der Waals surface area contributed by atoms with E-state index in [0.717, 1.165) is 6.26 Å². The number of carbonyl (C=O) groups excluding carboxylic acids is 1. The molecule has 2 N–H and O–H groups in total. The Hall–Kier alpha value is -2.13. The van der Waals surface area contributed by atoms with Gasteiger partial charge in [0.2, 0.25) is 0 Å². The fraction of sp³-hybridized carbons (Fsp3) is 0.467. The molecule has 1 aromatic rings. The molecule has 1 fully saturated rings. The van der Waals surface area contributed by atoms with E-state index in [9.17, 15) is 18.0 Å². The van der Waals surface area contributed by atoms with Gasteiger partial charge in [-0.05, 0) is 25.0 Å². The van der Waals surface area contributed by atoms with Gasteiger partial charge in [-0.15, -0.1) is 0 Å². The summed E-state index contributed by atoms with van der Waals surface area (Å²) in [7, 11) is -3.11. The molecule has 0 spiro atoms. The van der Waals surface area contributed by atoms with Gasteiger partial charge in [0.05, 0.1) is 5.75 Å². The lowest BCUT2D eigenvalue weighted by Crippen LogP contribution is -2.29. The number of carbonyl (C=O) groups is 2. The van der Waals surface area contributed by atoms with E-state index in [1.54, 1.807) is 24.3 Å². The molecule has 0 aliphatic carbocycles. The van der Waals surface area contributed by atoms with Crippen LogP contribution < -0.4 is 10.1 Å². The van der Waals surface area contributed by atoms with Gasteiger partial charge in [0.15, 0.2) is 15.9 Å². The molecule has 1 amide bonds. The van der Waals surface area contributed by atoms with Crippen molar-refractivity contribution in [1.29, 1.82) is 0 Å². The van der Waals surface area contributed by atoms with E-state index in [-0.39, 0.29) is 12.4 Å². The number of benzene rings is 1. The standard InChI is InChI=1S/C15H19NO7S/c1-24(20,21)8-7-22-11-4-2-3-10(9-11)16-14(17)12-5-6-13(23-12)15(18)19/h2-4,9,12-13H,5-8H2,1H3,(H,16,17)(H,18,19)/t12-,13+/m0/s1. The van der Waals surface area contributed by atoms with Crippen molar-refractivity contribution in [3.63, 3.8) is 0 Å². The molecule has 1 saturated heterocycles. The van der Waals surface area contributed by atoms with Crippen molar-refractivity contribution in [3.8, 4) is 5.75 Å². The highest BCUT2D eigenvalue weighted by Gasteiger charge is 2.34. The van der Waals surface area contributed by atoms with Gasteiger partial charge >= 0.3 is 5.97 Å². The highest BCUT2D eigenvalue weighted by Crippen LogP contribution is 2.23. The first-order valence-electron chi connectivity index (χ1n) is 7.34. The minimum Gasteiger partial charge on any atom is -0.492 e. The van der Waals surface area contributed by atoms with Crippen molar-refractivity contribution in [2.24, 2.45) is 0 Å². The predicted octanol–water partition coefficient (Wildman–Crippen LogP) is 0.681. The molecule has 0 unspecified atom stereocenters. The van der Waals surface area contributed by atoms with Gasteiger partial charge < -0.3 is 19.9 Å². The van der Waals surface area contributed by atoms with E-state index in [1.807, 2.05) is 0 Å². The van der Waals surface area contributed by atoms with Gasteiger partial charge in [-0.1, -0.05) is 6.07 Å². The zero-order chi connectivity index (χ0) is 17.7. The lowest BCUT2D eigenvalue weighted by molar-refractivity contribution is -0.150. The van der Waals surface area contributed by atoms with Gasteiger partial charge in [-0.2, -0.15) is 0 Å². The Morgan fingerprint density at radius 1 is 1.33 bits per heavy atom. The highest BCUT2D eigenvalue weighted by atomic mass is 32.2. The molecule has 9 heteroatoms. The van der Waals surface area contributed by atoms with E-state index in [2.05, 4.69) is 5.32 Å². The summed E-state index contributed by atoms with van der Waals surface area (Å²) >= 11 is 0. The zero-order valence-corrected chi connectivity index (χ0v) is 13.9. The van der Waals surface area contributed by atoms with E-state index in [0.29, 0.717) is 24.3 Å². The van der Waals surface area contributed by atoms with Crippen LogP contribution in [0.25, 0.3) is 0 Å². The first-order valence-corrected chi connectivity index (χ1v) is 9.40. The van der Waals surface area contributed by atoms with Crippen molar-refractivity contribution in [2.75, 3.05) is 23.9 Å². The van der Waals surface area contributed by atoms with Gasteiger partial charge in [0, 0.05) is 18.0 Å². The van der Waals surface area contributed by atoms with Crippen LogP contribution in [0.4, 0.5) is 5.69 Å². The quantitative estimate of drug-likeness (QED) is 0.736. The number of rotatable bonds is 7. The Morgan fingerprint density at radius 2 is 2.04 bits per heavy atom. The molecule has 1 aromatic carbocycles. The van der Waals surface area contributed by atoms with Crippen molar-refractivity contribution in [1.82, 2.24) is 0 Å². The van der Waals surface area contributed by atoms with Crippen LogP contribution >= 0.6 is 0 Å². The number of carboxylic acid groups (broad SMARTS) is 1. The summed E-state index contributed by atoms with van der Waals surface area (Å²) < 4.78 is 32.6. The van der Waals surface area contributed by atoms with Crippen molar-refractivity contribution in [2.45, 2.75) is 25.0 Å². The SMILES string of the molecule is CS(=O)(=O)CCOc1cccc(NC(=O)[C@@H]2CC[C@H](C(=O)O)O2)c1. The number of nitrogens with one attached hydrogen (secondary N) is 1. The zero-order valence-electron chi connectivity index (χ0n) is 13.1. The fourth-order valence-corrected chi connectivity index (χ4v) is 2.60. The van der Waals surface area contributed by atoms with Crippen LogP contribution in [0.2, 0.25) is 0 Å². The number of hydrogen-bond donors (Lipinski definition) is 2. The van der Waals surface area contributed by atoms with E-state index in [1.165, 1.54) is 0 Å². The third kappa shape index (κ3) is 5.50. The third-order valence-corrected chi connectivity index (χ3v) is 4.32. The number of aliphatic carboxylic acids is 1. The van der Waals surface area contributed by atoms with Crippen molar-refractivity contribution < 1.29 is 32.6 Å². The molecule has 0 saturated carbocycles. The lowest BCUT2D eigenvalue weighted by atomic mass is 10.2. The molecule has 132 valence electrons. The molecule has 1 aliphatic heterocycles. The van der Waals surface area contributed by atoms with Gasteiger partial charge in [0.1, 0.15) is 18.5 Å². The molecule has 2 atom stereocenters. The second-order valence-electron chi connectivity index (χ2n) is 5.52. The van der Waals surface area contributed by atoms with Crippen molar-refractivity contribution >= 4 is 27.4 Å². The summed E-state index contributed by atoms with van der Waals surface area (Å²) in [6, 6.07) is 6.50. The highest BCUT2D eigenvalue weighted by molar-refractivity contribution is 7.90. The van der Waals surface area contributed by atoms with E-state index < -0.39 is 33.9 Å². The van der Waals surface area contributed by atoms with Gasteiger partial charge in [0.25, 0.3) is 5.91 Å². The van der Waals surface area contributed by atoms with Crippen LogP contribution in [0.15, 0.2) is 24.3 Å². The molecule has 24 heavy (non-hydrogen) atoms. The number of carboxylic acids is 1. The van der Waals surface area contributed by atoms with E-state index >= 15 is 0 Å². The first-order chi connectivity index (χ1) is 11.2. The molecule has 8 nitrogen and oxygen atoms in total. The lowest BCUT2D eigenvalue weighted by Gasteiger charge is -2.13. The Balaban J connectivity index is 1.90. The second-order valence-corrected chi connectivity index (χ2v) is 7.78. The Morgan fingerprint density at radius 3 is 2.67 bits per heavy atom. The number of ether oxygens (including phenoxy) is 2.